The number of hydrogen-bond donors (Lipinski definition) is 3. The van der Waals surface area contributed by atoms with Crippen LogP contribution in [0.2, 0.25) is 0 Å². The third-order valence-corrected chi connectivity index (χ3v) is 3.33. The number of ether oxygens (including phenoxy) is 1. The smallest absolute Gasteiger partial charge is 0.222 e. The Kier molecular flexibility index (Phi) is 2.83. The molecule has 3 heterocycles. The van der Waals surface area contributed by atoms with Gasteiger partial charge in [-0.25, -0.2) is 9.97 Å². The van der Waals surface area contributed by atoms with Crippen molar-refractivity contribution in [3.05, 3.63) is 12.5 Å². The molecule has 2 aromatic rings. The Labute approximate surface area is 114 Å². The molecule has 0 radical (unpaired) electrons. The molecule has 1 aliphatic heterocycles. The van der Waals surface area contributed by atoms with Crippen LogP contribution in [-0.2, 0) is 4.74 Å². The number of nitrogens with zero attached hydrogens (tertiary/aromatic N) is 4. The standard InChI is InChI=1S/C12H13N5O3/c1-2-12(19)3-7(5-18)20-10(12)17-6-15-9-8(17)4-14-11(13)16-9/h1,4,6-7,10,18-19H,3,5H2,(H2,13,14,16)/t7-,10?,12+/m0/s1. The molecule has 0 aromatic carbocycles. The predicted octanol–water partition coefficient (Wildman–Crippen LogP) is -0.947. The van der Waals surface area contributed by atoms with E-state index in [0.717, 1.165) is 0 Å². The highest BCUT2D eigenvalue weighted by Gasteiger charge is 2.47. The topological polar surface area (TPSA) is 119 Å². The van der Waals surface area contributed by atoms with E-state index in [1.807, 2.05) is 0 Å². The first-order valence-corrected chi connectivity index (χ1v) is 5.99. The van der Waals surface area contributed by atoms with Crippen LogP contribution in [0.5, 0.6) is 0 Å². The van der Waals surface area contributed by atoms with E-state index in [2.05, 4.69) is 20.9 Å². The average Bonchev–Trinajstić information content (AvgIpc) is 2.99. The van der Waals surface area contributed by atoms with Gasteiger partial charge in [0.1, 0.15) is 5.52 Å². The number of aliphatic hydroxyl groups excluding tert-OH is 1. The highest BCUT2D eigenvalue weighted by Crippen LogP contribution is 2.38. The second-order valence-electron chi connectivity index (χ2n) is 4.65. The van der Waals surface area contributed by atoms with Crippen molar-refractivity contribution in [2.24, 2.45) is 0 Å². The number of rotatable bonds is 2. The van der Waals surface area contributed by atoms with Gasteiger partial charge in [-0.15, -0.1) is 6.42 Å². The van der Waals surface area contributed by atoms with Gasteiger partial charge in [0.15, 0.2) is 17.5 Å². The summed E-state index contributed by atoms with van der Waals surface area (Å²) in [4.78, 5) is 12.0. The number of nitrogen functional groups attached to an aromatic ring is 1. The molecule has 8 nitrogen and oxygen atoms in total. The molecule has 1 aliphatic rings. The quantitative estimate of drug-likeness (QED) is 0.604. The zero-order valence-electron chi connectivity index (χ0n) is 10.5. The molecule has 0 saturated carbocycles. The SMILES string of the molecule is C#C[C@@]1(O)C[C@@H](CO)OC1n1cnc2nc(N)ncc21. The fourth-order valence-corrected chi connectivity index (χ4v) is 2.35. The van der Waals surface area contributed by atoms with Crippen LogP contribution in [0.15, 0.2) is 12.5 Å². The summed E-state index contributed by atoms with van der Waals surface area (Å²) in [5.41, 5.74) is 4.89. The maximum atomic E-state index is 10.5. The molecule has 4 N–H and O–H groups in total. The maximum absolute atomic E-state index is 10.5. The minimum Gasteiger partial charge on any atom is -0.394 e. The number of anilines is 1. The van der Waals surface area contributed by atoms with E-state index < -0.39 is 17.9 Å². The summed E-state index contributed by atoms with van der Waals surface area (Å²) in [7, 11) is 0. The predicted molar refractivity (Wildman–Crippen MR) is 69.1 cm³/mol. The monoisotopic (exact) mass is 275 g/mol. The number of fused-ring (bicyclic) bond motifs is 1. The normalized spacial score (nSPS) is 29.6. The van der Waals surface area contributed by atoms with Crippen molar-refractivity contribution in [2.45, 2.75) is 24.4 Å². The van der Waals surface area contributed by atoms with Gasteiger partial charge in [0.05, 0.1) is 25.2 Å². The van der Waals surface area contributed by atoms with Crippen LogP contribution < -0.4 is 5.73 Å². The van der Waals surface area contributed by atoms with Crippen molar-refractivity contribution in [1.29, 1.82) is 0 Å². The van der Waals surface area contributed by atoms with E-state index in [1.54, 1.807) is 4.57 Å². The van der Waals surface area contributed by atoms with Crippen LogP contribution in [-0.4, -0.2) is 48.0 Å². The van der Waals surface area contributed by atoms with Crippen LogP contribution in [0.25, 0.3) is 11.2 Å². The molecule has 0 aliphatic carbocycles. The Bertz CT molecular complexity index is 694. The number of hydrogen-bond acceptors (Lipinski definition) is 7. The highest BCUT2D eigenvalue weighted by atomic mass is 16.5. The summed E-state index contributed by atoms with van der Waals surface area (Å²) in [6, 6.07) is 0. The van der Waals surface area contributed by atoms with Gasteiger partial charge in [0.2, 0.25) is 5.95 Å². The summed E-state index contributed by atoms with van der Waals surface area (Å²) in [6.07, 6.45) is 7.08. The minimum atomic E-state index is -1.53. The molecule has 20 heavy (non-hydrogen) atoms. The van der Waals surface area contributed by atoms with Crippen molar-refractivity contribution in [3.63, 3.8) is 0 Å². The van der Waals surface area contributed by atoms with E-state index in [9.17, 15) is 10.2 Å². The van der Waals surface area contributed by atoms with Gasteiger partial charge in [-0.05, 0) is 0 Å². The van der Waals surface area contributed by atoms with E-state index in [4.69, 9.17) is 16.9 Å². The van der Waals surface area contributed by atoms with E-state index in [-0.39, 0.29) is 19.0 Å². The molecule has 1 saturated heterocycles. The lowest BCUT2D eigenvalue weighted by molar-refractivity contribution is -0.0695. The van der Waals surface area contributed by atoms with Gasteiger partial charge < -0.3 is 20.7 Å². The number of imidazole rings is 1. The van der Waals surface area contributed by atoms with Crippen molar-refractivity contribution < 1.29 is 14.9 Å². The van der Waals surface area contributed by atoms with Crippen molar-refractivity contribution in [3.8, 4) is 12.3 Å². The maximum Gasteiger partial charge on any atom is 0.222 e. The fourth-order valence-electron chi connectivity index (χ4n) is 2.35. The van der Waals surface area contributed by atoms with E-state index >= 15 is 0 Å². The molecule has 0 spiro atoms. The number of nitrogens with two attached hydrogens (primary N) is 1. The van der Waals surface area contributed by atoms with Crippen LogP contribution in [0.1, 0.15) is 12.6 Å². The first-order chi connectivity index (χ1) is 9.57. The summed E-state index contributed by atoms with van der Waals surface area (Å²) >= 11 is 0. The molecule has 8 heteroatoms. The molecular weight excluding hydrogens is 262 g/mol. The van der Waals surface area contributed by atoms with Crippen molar-refractivity contribution in [2.75, 3.05) is 12.3 Å². The zero-order valence-corrected chi connectivity index (χ0v) is 10.5. The summed E-state index contributed by atoms with van der Waals surface area (Å²) in [5, 5.41) is 19.6. The van der Waals surface area contributed by atoms with Crippen molar-refractivity contribution >= 4 is 17.1 Å². The molecule has 104 valence electrons. The van der Waals surface area contributed by atoms with Gasteiger partial charge >= 0.3 is 0 Å². The number of terminal acetylenes is 1. The van der Waals surface area contributed by atoms with Crippen LogP contribution in [0.3, 0.4) is 0 Å². The van der Waals surface area contributed by atoms with Crippen LogP contribution >= 0.6 is 0 Å². The molecule has 3 rings (SSSR count). The minimum absolute atomic E-state index is 0.107. The lowest BCUT2D eigenvalue weighted by Crippen LogP contribution is -2.33. The fraction of sp³-hybridized carbons (Fsp3) is 0.417. The third-order valence-electron chi connectivity index (χ3n) is 3.33. The van der Waals surface area contributed by atoms with E-state index in [0.29, 0.717) is 11.2 Å². The van der Waals surface area contributed by atoms with Gasteiger partial charge in [-0.3, -0.25) is 4.57 Å². The summed E-state index contributed by atoms with van der Waals surface area (Å²) in [6.45, 7) is -0.226. The second kappa shape index (κ2) is 4.42. The first-order valence-electron chi connectivity index (χ1n) is 5.99. The summed E-state index contributed by atoms with van der Waals surface area (Å²) in [5.74, 6) is 2.43. The zero-order chi connectivity index (χ0) is 14.3. The van der Waals surface area contributed by atoms with Gasteiger partial charge in [0.25, 0.3) is 0 Å². The number of aromatic nitrogens is 4. The lowest BCUT2D eigenvalue weighted by atomic mass is 9.99. The first kappa shape index (κ1) is 12.8. The van der Waals surface area contributed by atoms with Crippen LogP contribution in [0, 0.1) is 12.3 Å². The molecule has 2 aromatic heterocycles. The van der Waals surface area contributed by atoms with Gasteiger partial charge in [-0.2, -0.15) is 4.98 Å². The Balaban J connectivity index is 2.08. The largest absolute Gasteiger partial charge is 0.394 e. The Morgan fingerprint density at radius 2 is 2.40 bits per heavy atom. The highest BCUT2D eigenvalue weighted by molar-refractivity contribution is 5.70. The third kappa shape index (κ3) is 1.80. The summed E-state index contributed by atoms with van der Waals surface area (Å²) < 4.78 is 7.14. The molecule has 0 amide bonds. The van der Waals surface area contributed by atoms with E-state index in [1.165, 1.54) is 12.5 Å². The Morgan fingerprint density at radius 3 is 3.10 bits per heavy atom. The lowest BCUT2D eigenvalue weighted by Gasteiger charge is -2.24. The van der Waals surface area contributed by atoms with Crippen molar-refractivity contribution in [1.82, 2.24) is 19.5 Å². The molecule has 0 bridgehead atoms. The molecule has 1 fully saturated rings. The van der Waals surface area contributed by atoms with Crippen LogP contribution in [0.4, 0.5) is 5.95 Å². The van der Waals surface area contributed by atoms with Gasteiger partial charge in [-0.1, -0.05) is 5.92 Å². The molecule has 1 unspecified atom stereocenters. The average molecular weight is 275 g/mol. The van der Waals surface area contributed by atoms with Gasteiger partial charge in [0, 0.05) is 6.42 Å². The molecule has 3 atom stereocenters. The Morgan fingerprint density at radius 1 is 1.60 bits per heavy atom. The second-order valence-corrected chi connectivity index (χ2v) is 4.65. The Hall–Kier alpha value is -2.21. The molecular formula is C12H13N5O3. The number of aliphatic hydroxyl groups is 2.